The zero-order chi connectivity index (χ0) is 12.7. The Morgan fingerprint density at radius 1 is 1.24 bits per heavy atom. The number of hydrogen-bond acceptors (Lipinski definition) is 4. The van der Waals surface area contributed by atoms with E-state index in [1.807, 2.05) is 18.2 Å². The molecule has 0 aliphatic carbocycles. The van der Waals surface area contributed by atoms with Crippen LogP contribution in [0.3, 0.4) is 0 Å². The summed E-state index contributed by atoms with van der Waals surface area (Å²) in [6, 6.07) is 7.27. The third-order valence-corrected chi connectivity index (χ3v) is 4.29. The van der Waals surface area contributed by atoms with Crippen molar-refractivity contribution in [1.29, 1.82) is 0 Å². The molecule has 0 aliphatic heterocycles. The largest absolute Gasteiger partial charge is 0.384 e. The maximum Gasteiger partial charge on any atom is 0.363 e. The molecule has 0 heterocycles. The molecule has 0 unspecified atom stereocenters. The van der Waals surface area contributed by atoms with Crippen molar-refractivity contribution < 1.29 is 13.6 Å². The van der Waals surface area contributed by atoms with E-state index in [2.05, 4.69) is 12.2 Å². The minimum Gasteiger partial charge on any atom is -0.384 e. The van der Waals surface area contributed by atoms with Gasteiger partial charge < -0.3 is 14.4 Å². The Bertz CT molecular complexity index is 385. The van der Waals surface area contributed by atoms with Gasteiger partial charge >= 0.3 is 7.60 Å². The van der Waals surface area contributed by atoms with Gasteiger partial charge in [0.05, 0.1) is 18.5 Å². The molecule has 0 atom stereocenters. The van der Waals surface area contributed by atoms with Gasteiger partial charge in [0.2, 0.25) is 0 Å². The predicted molar refractivity (Wildman–Crippen MR) is 70.8 cm³/mol. The zero-order valence-corrected chi connectivity index (χ0v) is 11.2. The van der Waals surface area contributed by atoms with Gasteiger partial charge in [0.25, 0.3) is 0 Å². The molecule has 1 rings (SSSR count). The number of benzene rings is 1. The molecule has 0 aromatic heterocycles. The van der Waals surface area contributed by atoms with E-state index >= 15 is 0 Å². The standard InChI is InChI=1S/C12H19NO3P/c1-4-13-11-9-7-8-10-12(11)17(14,15-5-2)16-6-3/h7-10,13H,1,4-6H2,2-3H3. The van der Waals surface area contributed by atoms with Crippen molar-refractivity contribution in [2.45, 2.75) is 13.8 Å². The molecule has 4 nitrogen and oxygen atoms in total. The van der Waals surface area contributed by atoms with E-state index in [0.717, 1.165) is 5.69 Å². The fraction of sp³-hybridized carbons (Fsp3) is 0.417. The quantitative estimate of drug-likeness (QED) is 0.762. The second-order valence-corrected chi connectivity index (χ2v) is 5.27. The normalized spacial score (nSPS) is 11.5. The van der Waals surface area contributed by atoms with Gasteiger partial charge in [-0.2, -0.15) is 0 Å². The third-order valence-electron chi connectivity index (χ3n) is 2.11. The minimum atomic E-state index is -3.23. The van der Waals surface area contributed by atoms with Crippen LogP contribution in [0.25, 0.3) is 0 Å². The van der Waals surface area contributed by atoms with Crippen molar-refractivity contribution >= 4 is 18.6 Å². The van der Waals surface area contributed by atoms with E-state index in [-0.39, 0.29) is 0 Å². The maximum absolute atomic E-state index is 12.6. The van der Waals surface area contributed by atoms with Crippen LogP contribution in [0.15, 0.2) is 24.3 Å². The molecule has 1 radical (unpaired) electrons. The van der Waals surface area contributed by atoms with E-state index in [9.17, 15) is 4.57 Å². The van der Waals surface area contributed by atoms with Crippen LogP contribution in [0.1, 0.15) is 13.8 Å². The van der Waals surface area contributed by atoms with Crippen LogP contribution in [0.2, 0.25) is 0 Å². The van der Waals surface area contributed by atoms with Crippen LogP contribution < -0.4 is 10.6 Å². The highest BCUT2D eigenvalue weighted by molar-refractivity contribution is 7.62. The summed E-state index contributed by atoms with van der Waals surface area (Å²) in [4.78, 5) is 0. The van der Waals surface area contributed by atoms with Crippen molar-refractivity contribution in [2.24, 2.45) is 0 Å². The SMILES string of the molecule is [CH2]CNc1ccccc1P(=O)(OCC)OCC. The molecule has 0 saturated heterocycles. The highest BCUT2D eigenvalue weighted by Crippen LogP contribution is 2.48. The Morgan fingerprint density at radius 3 is 2.35 bits per heavy atom. The number of rotatable bonds is 7. The predicted octanol–water partition coefficient (Wildman–Crippen LogP) is 2.82. The van der Waals surface area contributed by atoms with Gasteiger partial charge in [0.15, 0.2) is 0 Å². The summed E-state index contributed by atoms with van der Waals surface area (Å²) in [5.41, 5.74) is 0.743. The van der Waals surface area contributed by atoms with E-state index in [1.165, 1.54) is 0 Å². The average Bonchev–Trinajstić information content (AvgIpc) is 2.31. The second-order valence-electron chi connectivity index (χ2n) is 3.28. The Labute approximate surface area is 103 Å². The summed E-state index contributed by atoms with van der Waals surface area (Å²) in [7, 11) is -3.23. The fourth-order valence-electron chi connectivity index (χ4n) is 1.51. The molecule has 0 amide bonds. The first-order valence-corrected chi connectivity index (χ1v) is 7.24. The molecule has 0 aliphatic rings. The highest BCUT2D eigenvalue weighted by atomic mass is 31.2. The zero-order valence-electron chi connectivity index (χ0n) is 10.3. The Hall–Kier alpha value is -0.830. The fourth-order valence-corrected chi connectivity index (χ4v) is 3.26. The number of anilines is 1. The van der Waals surface area contributed by atoms with E-state index in [4.69, 9.17) is 9.05 Å². The Balaban J connectivity index is 3.13. The summed E-state index contributed by atoms with van der Waals surface area (Å²) >= 11 is 0. The van der Waals surface area contributed by atoms with Crippen molar-refractivity contribution in [1.82, 2.24) is 0 Å². The molecule has 1 aromatic carbocycles. The Kier molecular flexibility index (Phi) is 5.69. The van der Waals surface area contributed by atoms with Gasteiger partial charge in [0, 0.05) is 12.2 Å². The lowest BCUT2D eigenvalue weighted by Crippen LogP contribution is -2.16. The lowest BCUT2D eigenvalue weighted by atomic mass is 10.3. The summed E-state index contributed by atoms with van der Waals surface area (Å²) < 4.78 is 23.2. The van der Waals surface area contributed by atoms with Gasteiger partial charge in [-0.15, -0.1) is 0 Å². The van der Waals surface area contributed by atoms with Crippen molar-refractivity contribution in [2.75, 3.05) is 25.1 Å². The first-order valence-electron chi connectivity index (χ1n) is 5.69. The molecule has 95 valence electrons. The molecule has 1 aromatic rings. The first-order chi connectivity index (χ1) is 8.18. The minimum absolute atomic E-state index is 0.343. The lowest BCUT2D eigenvalue weighted by molar-refractivity contribution is 0.230. The van der Waals surface area contributed by atoms with Crippen molar-refractivity contribution in [3.05, 3.63) is 31.2 Å². The maximum atomic E-state index is 12.6. The summed E-state index contributed by atoms with van der Waals surface area (Å²) in [5.74, 6) is 0. The summed E-state index contributed by atoms with van der Waals surface area (Å²) in [6.07, 6.45) is 0. The molecule has 0 saturated carbocycles. The van der Waals surface area contributed by atoms with Crippen LogP contribution in [0.5, 0.6) is 0 Å². The molecular weight excluding hydrogens is 237 g/mol. The number of nitrogens with one attached hydrogen (secondary N) is 1. The average molecular weight is 256 g/mol. The van der Waals surface area contributed by atoms with Gasteiger partial charge in [-0.05, 0) is 32.9 Å². The highest BCUT2D eigenvalue weighted by Gasteiger charge is 2.29. The monoisotopic (exact) mass is 256 g/mol. The summed E-state index contributed by atoms with van der Waals surface area (Å²) in [6.45, 7) is 8.50. The molecule has 0 fully saturated rings. The van der Waals surface area contributed by atoms with Crippen molar-refractivity contribution in [3.8, 4) is 0 Å². The topological polar surface area (TPSA) is 47.6 Å². The molecule has 1 N–H and O–H groups in total. The second kappa shape index (κ2) is 6.80. The van der Waals surface area contributed by atoms with Gasteiger partial charge in [0.1, 0.15) is 0 Å². The molecule has 17 heavy (non-hydrogen) atoms. The molecule has 5 heteroatoms. The number of para-hydroxylation sites is 1. The van der Waals surface area contributed by atoms with Gasteiger partial charge in [-0.25, -0.2) is 0 Å². The van der Waals surface area contributed by atoms with E-state index in [1.54, 1.807) is 19.9 Å². The first kappa shape index (κ1) is 14.2. The molecular formula is C12H19NO3P. The summed E-state index contributed by atoms with van der Waals surface area (Å²) in [5, 5.41) is 3.62. The van der Waals surface area contributed by atoms with Gasteiger partial charge in [-0.3, -0.25) is 4.57 Å². The van der Waals surface area contributed by atoms with Crippen LogP contribution >= 0.6 is 7.60 Å². The van der Waals surface area contributed by atoms with Crippen LogP contribution in [-0.4, -0.2) is 19.8 Å². The van der Waals surface area contributed by atoms with E-state index < -0.39 is 7.60 Å². The van der Waals surface area contributed by atoms with Crippen molar-refractivity contribution in [3.63, 3.8) is 0 Å². The number of hydrogen-bond donors (Lipinski definition) is 1. The third kappa shape index (κ3) is 3.56. The Morgan fingerprint density at radius 2 is 1.82 bits per heavy atom. The van der Waals surface area contributed by atoms with Crippen LogP contribution in [0, 0.1) is 6.92 Å². The molecule has 0 spiro atoms. The van der Waals surface area contributed by atoms with Crippen LogP contribution in [0.4, 0.5) is 5.69 Å². The lowest BCUT2D eigenvalue weighted by Gasteiger charge is -2.20. The molecule has 0 bridgehead atoms. The van der Waals surface area contributed by atoms with E-state index in [0.29, 0.717) is 25.1 Å². The smallest absolute Gasteiger partial charge is 0.363 e. The van der Waals surface area contributed by atoms with Gasteiger partial charge in [-0.1, -0.05) is 12.1 Å². The van der Waals surface area contributed by atoms with Crippen LogP contribution in [-0.2, 0) is 13.6 Å².